The summed E-state index contributed by atoms with van der Waals surface area (Å²) in [4.78, 5) is 10.7. The Morgan fingerprint density at radius 3 is 2.67 bits per heavy atom. The van der Waals surface area contributed by atoms with E-state index in [4.69, 9.17) is 0 Å². The molecule has 0 fully saturated rings. The van der Waals surface area contributed by atoms with Gasteiger partial charge in [-0.1, -0.05) is 31.9 Å². The van der Waals surface area contributed by atoms with Gasteiger partial charge in [-0.05, 0) is 12.8 Å². The molecule has 12 heavy (non-hydrogen) atoms. The molecule has 0 aliphatic rings. The fourth-order valence-electron chi connectivity index (χ4n) is 0.922. The highest BCUT2D eigenvalue weighted by atomic mass is 16.1. The Balaban J connectivity index is 3.19. The second-order valence-corrected chi connectivity index (χ2v) is 2.84. The molecule has 0 unspecified atom stereocenters. The van der Waals surface area contributed by atoms with Gasteiger partial charge in [-0.3, -0.25) is 4.79 Å². The van der Waals surface area contributed by atoms with Gasteiger partial charge in [-0.2, -0.15) is 0 Å². The van der Waals surface area contributed by atoms with Crippen molar-refractivity contribution in [2.75, 3.05) is 7.05 Å². The maximum atomic E-state index is 10.7. The first-order chi connectivity index (χ1) is 5.81. The summed E-state index contributed by atoms with van der Waals surface area (Å²) in [7, 11) is 1.66. The molecule has 1 amide bonds. The quantitative estimate of drug-likeness (QED) is 0.479. The Hall–Kier alpha value is -0.790. The van der Waals surface area contributed by atoms with E-state index in [9.17, 15) is 4.79 Å². The van der Waals surface area contributed by atoms with Gasteiger partial charge >= 0.3 is 0 Å². The van der Waals surface area contributed by atoms with E-state index in [-0.39, 0.29) is 5.91 Å². The molecule has 0 saturated carbocycles. The summed E-state index contributed by atoms with van der Waals surface area (Å²) in [5.41, 5.74) is 0. The van der Waals surface area contributed by atoms with Crippen molar-refractivity contribution >= 4 is 5.91 Å². The monoisotopic (exact) mass is 169 g/mol. The summed E-state index contributed by atoms with van der Waals surface area (Å²) in [6.45, 7) is 2.19. The van der Waals surface area contributed by atoms with Gasteiger partial charge in [0.15, 0.2) is 0 Å². The molecule has 0 aromatic rings. The topological polar surface area (TPSA) is 29.1 Å². The van der Waals surface area contributed by atoms with Crippen molar-refractivity contribution in [1.82, 2.24) is 5.32 Å². The molecule has 2 heteroatoms. The van der Waals surface area contributed by atoms with Gasteiger partial charge in [0.1, 0.15) is 0 Å². The molecule has 0 aromatic heterocycles. The van der Waals surface area contributed by atoms with Crippen LogP contribution >= 0.6 is 0 Å². The number of allylic oxidation sites excluding steroid dienone is 1. The van der Waals surface area contributed by atoms with Crippen LogP contribution in [0.3, 0.4) is 0 Å². The Bertz CT molecular complexity index is 141. The first-order valence-electron chi connectivity index (χ1n) is 4.66. The lowest BCUT2D eigenvalue weighted by Gasteiger charge is -1.93. The number of hydrogen-bond acceptors (Lipinski definition) is 1. The maximum absolute atomic E-state index is 10.7. The SMILES string of the molecule is CCCCC/C=C\CC(=O)NC. The molecular weight excluding hydrogens is 150 g/mol. The number of carbonyl (C=O) groups excluding carboxylic acids is 1. The maximum Gasteiger partial charge on any atom is 0.223 e. The van der Waals surface area contributed by atoms with Crippen molar-refractivity contribution in [2.24, 2.45) is 0 Å². The van der Waals surface area contributed by atoms with E-state index < -0.39 is 0 Å². The largest absolute Gasteiger partial charge is 0.359 e. The van der Waals surface area contributed by atoms with Crippen molar-refractivity contribution in [3.05, 3.63) is 12.2 Å². The zero-order valence-electron chi connectivity index (χ0n) is 8.10. The summed E-state index contributed by atoms with van der Waals surface area (Å²) in [5.74, 6) is 0.0849. The minimum Gasteiger partial charge on any atom is -0.359 e. The molecule has 0 rings (SSSR count). The fraction of sp³-hybridized carbons (Fsp3) is 0.700. The van der Waals surface area contributed by atoms with Gasteiger partial charge in [0.05, 0.1) is 0 Å². The summed E-state index contributed by atoms with van der Waals surface area (Å²) in [6.07, 6.45) is 9.42. The second-order valence-electron chi connectivity index (χ2n) is 2.84. The third-order valence-electron chi connectivity index (χ3n) is 1.72. The van der Waals surface area contributed by atoms with Crippen LogP contribution in [0.15, 0.2) is 12.2 Å². The van der Waals surface area contributed by atoms with Crippen LogP contribution in [0, 0.1) is 0 Å². The Morgan fingerprint density at radius 2 is 2.08 bits per heavy atom. The molecule has 70 valence electrons. The third-order valence-corrected chi connectivity index (χ3v) is 1.72. The van der Waals surface area contributed by atoms with Crippen LogP contribution in [0.2, 0.25) is 0 Å². The van der Waals surface area contributed by atoms with Crippen LogP contribution in [-0.4, -0.2) is 13.0 Å². The number of nitrogens with one attached hydrogen (secondary N) is 1. The lowest BCUT2D eigenvalue weighted by Crippen LogP contribution is -2.15. The fourth-order valence-corrected chi connectivity index (χ4v) is 0.922. The van der Waals surface area contributed by atoms with Crippen LogP contribution in [0.4, 0.5) is 0 Å². The zero-order valence-corrected chi connectivity index (χ0v) is 8.10. The Labute approximate surface area is 75.0 Å². The highest BCUT2D eigenvalue weighted by Crippen LogP contribution is 1.99. The van der Waals surface area contributed by atoms with Crippen LogP contribution in [0.1, 0.15) is 39.0 Å². The van der Waals surface area contributed by atoms with Crippen molar-refractivity contribution in [2.45, 2.75) is 39.0 Å². The zero-order chi connectivity index (χ0) is 9.23. The molecule has 0 aliphatic carbocycles. The molecule has 0 radical (unpaired) electrons. The van der Waals surface area contributed by atoms with Crippen LogP contribution in [-0.2, 0) is 4.79 Å². The van der Waals surface area contributed by atoms with Gasteiger partial charge in [0, 0.05) is 13.5 Å². The van der Waals surface area contributed by atoms with Gasteiger partial charge in [-0.15, -0.1) is 0 Å². The highest BCUT2D eigenvalue weighted by molar-refractivity contribution is 5.76. The first kappa shape index (κ1) is 11.2. The summed E-state index contributed by atoms with van der Waals surface area (Å²) in [5, 5.41) is 2.58. The molecule has 0 heterocycles. The molecule has 2 nitrogen and oxygen atoms in total. The van der Waals surface area contributed by atoms with Crippen molar-refractivity contribution in [1.29, 1.82) is 0 Å². The average molecular weight is 169 g/mol. The van der Waals surface area contributed by atoms with Gasteiger partial charge in [0.25, 0.3) is 0 Å². The van der Waals surface area contributed by atoms with E-state index in [0.717, 1.165) is 6.42 Å². The number of rotatable bonds is 6. The summed E-state index contributed by atoms with van der Waals surface area (Å²) in [6, 6.07) is 0. The predicted octanol–water partition coefficient (Wildman–Crippen LogP) is 2.26. The smallest absolute Gasteiger partial charge is 0.223 e. The molecule has 0 aliphatic heterocycles. The molecule has 0 aromatic carbocycles. The van der Waals surface area contributed by atoms with Crippen molar-refractivity contribution in [3.63, 3.8) is 0 Å². The normalized spacial score (nSPS) is 10.5. The minimum absolute atomic E-state index is 0.0849. The first-order valence-corrected chi connectivity index (χ1v) is 4.66. The van der Waals surface area contributed by atoms with Crippen LogP contribution in [0.5, 0.6) is 0 Å². The van der Waals surface area contributed by atoms with E-state index in [1.54, 1.807) is 7.05 Å². The number of carbonyl (C=O) groups is 1. The van der Waals surface area contributed by atoms with Gasteiger partial charge < -0.3 is 5.32 Å². The lowest BCUT2D eigenvalue weighted by molar-refractivity contribution is -0.119. The van der Waals surface area contributed by atoms with Crippen LogP contribution in [0.25, 0.3) is 0 Å². The highest BCUT2D eigenvalue weighted by Gasteiger charge is 1.90. The van der Waals surface area contributed by atoms with E-state index in [0.29, 0.717) is 6.42 Å². The molecule has 0 saturated heterocycles. The van der Waals surface area contributed by atoms with Crippen molar-refractivity contribution in [3.8, 4) is 0 Å². The number of amides is 1. The van der Waals surface area contributed by atoms with Gasteiger partial charge in [0.2, 0.25) is 5.91 Å². The molecule has 1 N–H and O–H groups in total. The molecule has 0 bridgehead atoms. The minimum atomic E-state index is 0.0849. The van der Waals surface area contributed by atoms with Crippen molar-refractivity contribution < 1.29 is 4.79 Å². The second kappa shape index (κ2) is 8.31. The Morgan fingerprint density at radius 1 is 1.33 bits per heavy atom. The van der Waals surface area contributed by atoms with Gasteiger partial charge in [-0.25, -0.2) is 0 Å². The molecule has 0 spiro atoms. The van der Waals surface area contributed by atoms with Crippen LogP contribution < -0.4 is 5.32 Å². The predicted molar refractivity (Wildman–Crippen MR) is 52.0 cm³/mol. The molecular formula is C10H19NO. The Kier molecular flexibility index (Phi) is 7.76. The summed E-state index contributed by atoms with van der Waals surface area (Å²) >= 11 is 0. The van der Waals surface area contributed by atoms with E-state index >= 15 is 0 Å². The number of hydrogen-bond donors (Lipinski definition) is 1. The van der Waals surface area contributed by atoms with E-state index in [1.165, 1.54) is 19.3 Å². The lowest BCUT2D eigenvalue weighted by atomic mass is 10.2. The third kappa shape index (κ3) is 7.32. The standard InChI is InChI=1S/C10H19NO/c1-3-4-5-6-7-8-9-10(12)11-2/h7-8H,3-6,9H2,1-2H3,(H,11,12)/b8-7-. The number of unbranched alkanes of at least 4 members (excludes halogenated alkanes) is 3. The average Bonchev–Trinajstić information content (AvgIpc) is 2.10. The van der Waals surface area contributed by atoms with E-state index in [1.807, 2.05) is 6.08 Å². The van der Waals surface area contributed by atoms with E-state index in [2.05, 4.69) is 18.3 Å². The molecule has 0 atom stereocenters. The summed E-state index contributed by atoms with van der Waals surface area (Å²) < 4.78 is 0.